The number of carbonyl (C=O) groups excluding carboxylic acids is 1. The predicted octanol–water partition coefficient (Wildman–Crippen LogP) is 3.56. The SMILES string of the molecule is COCCCN(Cc1ccc(F)cc1)C(=O)NC1(C(C)C)CC1. The maximum Gasteiger partial charge on any atom is 0.318 e. The van der Waals surface area contributed by atoms with Gasteiger partial charge in [-0.3, -0.25) is 0 Å². The lowest BCUT2D eigenvalue weighted by atomic mass is 10.0. The van der Waals surface area contributed by atoms with E-state index in [1.807, 2.05) is 0 Å². The van der Waals surface area contributed by atoms with E-state index in [0.29, 0.717) is 25.6 Å². The highest BCUT2D eigenvalue weighted by Crippen LogP contribution is 2.42. The van der Waals surface area contributed by atoms with Crippen LogP contribution in [0.4, 0.5) is 9.18 Å². The van der Waals surface area contributed by atoms with Crippen LogP contribution in [-0.4, -0.2) is 36.7 Å². The normalized spacial score (nSPS) is 15.5. The van der Waals surface area contributed by atoms with Crippen molar-refractivity contribution in [3.8, 4) is 0 Å². The Bertz CT molecular complexity index is 512. The molecule has 1 saturated carbocycles. The first-order valence-electron chi connectivity index (χ1n) is 8.27. The van der Waals surface area contributed by atoms with Gasteiger partial charge in [0.2, 0.25) is 0 Å². The van der Waals surface area contributed by atoms with Crippen LogP contribution in [0.1, 0.15) is 38.7 Å². The number of ether oxygens (including phenoxy) is 1. The van der Waals surface area contributed by atoms with E-state index in [0.717, 1.165) is 24.8 Å². The number of nitrogens with one attached hydrogen (secondary N) is 1. The molecule has 23 heavy (non-hydrogen) atoms. The average molecular weight is 322 g/mol. The zero-order valence-corrected chi connectivity index (χ0v) is 14.3. The number of methoxy groups -OCH3 is 1. The summed E-state index contributed by atoms with van der Waals surface area (Å²) in [6.07, 6.45) is 2.86. The molecule has 1 aliphatic rings. The first-order valence-corrected chi connectivity index (χ1v) is 8.27. The Hall–Kier alpha value is -1.62. The third kappa shape index (κ3) is 4.93. The van der Waals surface area contributed by atoms with E-state index in [-0.39, 0.29) is 17.4 Å². The zero-order valence-electron chi connectivity index (χ0n) is 14.3. The molecule has 4 nitrogen and oxygen atoms in total. The molecular formula is C18H27FN2O2. The second kappa shape index (κ2) is 7.77. The molecule has 2 amide bonds. The number of halogens is 1. The molecule has 0 bridgehead atoms. The lowest BCUT2D eigenvalue weighted by molar-refractivity contribution is 0.161. The Labute approximate surface area is 138 Å². The van der Waals surface area contributed by atoms with Crippen LogP contribution >= 0.6 is 0 Å². The molecule has 1 aliphatic carbocycles. The van der Waals surface area contributed by atoms with Crippen molar-refractivity contribution in [3.63, 3.8) is 0 Å². The maximum absolute atomic E-state index is 13.0. The van der Waals surface area contributed by atoms with Crippen molar-refractivity contribution in [2.45, 2.75) is 45.2 Å². The third-order valence-corrected chi connectivity index (χ3v) is 4.60. The molecule has 0 radical (unpaired) electrons. The number of amides is 2. The molecule has 1 aromatic carbocycles. The smallest absolute Gasteiger partial charge is 0.318 e. The summed E-state index contributed by atoms with van der Waals surface area (Å²) in [6, 6.07) is 6.26. The summed E-state index contributed by atoms with van der Waals surface area (Å²) in [6.45, 7) is 5.99. The summed E-state index contributed by atoms with van der Waals surface area (Å²) >= 11 is 0. The summed E-state index contributed by atoms with van der Waals surface area (Å²) in [4.78, 5) is 14.5. The van der Waals surface area contributed by atoms with E-state index in [1.165, 1.54) is 12.1 Å². The van der Waals surface area contributed by atoms with Crippen LogP contribution < -0.4 is 5.32 Å². The van der Waals surface area contributed by atoms with E-state index in [2.05, 4.69) is 19.2 Å². The lowest BCUT2D eigenvalue weighted by Crippen LogP contribution is -2.48. The molecule has 1 N–H and O–H groups in total. The Morgan fingerprint density at radius 1 is 1.35 bits per heavy atom. The number of urea groups is 1. The standard InChI is InChI=1S/C18H27FN2O2/c1-14(2)18(9-10-18)20-17(22)21(11-4-12-23-3)13-15-5-7-16(19)8-6-15/h5-8,14H,4,9-13H2,1-3H3,(H,20,22). The summed E-state index contributed by atoms with van der Waals surface area (Å²) in [7, 11) is 1.66. The molecule has 0 heterocycles. The first kappa shape index (κ1) is 17.7. The van der Waals surface area contributed by atoms with Crippen LogP contribution in [0.2, 0.25) is 0 Å². The fourth-order valence-electron chi connectivity index (χ4n) is 2.74. The number of nitrogens with zero attached hydrogens (tertiary/aromatic N) is 1. The molecule has 2 rings (SSSR count). The van der Waals surface area contributed by atoms with Crippen LogP contribution in [0.25, 0.3) is 0 Å². The number of rotatable bonds is 8. The van der Waals surface area contributed by atoms with Gasteiger partial charge in [0.15, 0.2) is 0 Å². The summed E-state index contributed by atoms with van der Waals surface area (Å²) < 4.78 is 18.1. The van der Waals surface area contributed by atoms with Crippen LogP contribution in [-0.2, 0) is 11.3 Å². The van der Waals surface area contributed by atoms with Gasteiger partial charge < -0.3 is 15.0 Å². The van der Waals surface area contributed by atoms with Crippen LogP contribution in [0.15, 0.2) is 24.3 Å². The summed E-state index contributed by atoms with van der Waals surface area (Å²) in [5.74, 6) is 0.166. The van der Waals surface area contributed by atoms with Crippen molar-refractivity contribution in [1.29, 1.82) is 0 Å². The zero-order chi connectivity index (χ0) is 16.9. The molecular weight excluding hydrogens is 295 g/mol. The number of hydrogen-bond donors (Lipinski definition) is 1. The van der Waals surface area contributed by atoms with Gasteiger partial charge in [-0.2, -0.15) is 0 Å². The van der Waals surface area contributed by atoms with E-state index in [4.69, 9.17) is 4.74 Å². The quantitative estimate of drug-likeness (QED) is 0.744. The van der Waals surface area contributed by atoms with E-state index >= 15 is 0 Å². The van der Waals surface area contributed by atoms with Crippen molar-refractivity contribution >= 4 is 6.03 Å². The second-order valence-corrected chi connectivity index (χ2v) is 6.64. The molecule has 1 fully saturated rings. The van der Waals surface area contributed by atoms with Gasteiger partial charge in [-0.25, -0.2) is 9.18 Å². The van der Waals surface area contributed by atoms with Gasteiger partial charge in [0.1, 0.15) is 5.82 Å². The number of carbonyl (C=O) groups is 1. The second-order valence-electron chi connectivity index (χ2n) is 6.64. The molecule has 0 spiro atoms. The van der Waals surface area contributed by atoms with E-state index in [1.54, 1.807) is 24.1 Å². The van der Waals surface area contributed by atoms with Gasteiger partial charge in [0, 0.05) is 32.3 Å². The molecule has 0 saturated heterocycles. The monoisotopic (exact) mass is 322 g/mol. The van der Waals surface area contributed by atoms with Crippen molar-refractivity contribution in [1.82, 2.24) is 10.2 Å². The molecule has 0 aromatic heterocycles. The van der Waals surface area contributed by atoms with Crippen molar-refractivity contribution in [2.24, 2.45) is 5.92 Å². The highest BCUT2D eigenvalue weighted by atomic mass is 19.1. The molecule has 1 aromatic rings. The van der Waals surface area contributed by atoms with Crippen molar-refractivity contribution in [2.75, 3.05) is 20.3 Å². The van der Waals surface area contributed by atoms with Gasteiger partial charge in [-0.05, 0) is 42.9 Å². The van der Waals surface area contributed by atoms with Gasteiger partial charge >= 0.3 is 6.03 Å². The van der Waals surface area contributed by atoms with Crippen LogP contribution in [0.5, 0.6) is 0 Å². The molecule has 128 valence electrons. The van der Waals surface area contributed by atoms with Gasteiger partial charge in [-0.1, -0.05) is 26.0 Å². The highest BCUT2D eigenvalue weighted by Gasteiger charge is 2.47. The Morgan fingerprint density at radius 3 is 2.52 bits per heavy atom. The van der Waals surface area contributed by atoms with Gasteiger partial charge in [-0.15, -0.1) is 0 Å². The van der Waals surface area contributed by atoms with Crippen LogP contribution in [0, 0.1) is 11.7 Å². The Kier molecular flexibility index (Phi) is 5.99. The molecule has 0 atom stereocenters. The number of hydrogen-bond acceptors (Lipinski definition) is 2. The molecule has 0 unspecified atom stereocenters. The van der Waals surface area contributed by atoms with Crippen LogP contribution in [0.3, 0.4) is 0 Å². The van der Waals surface area contributed by atoms with Crippen molar-refractivity contribution < 1.29 is 13.9 Å². The maximum atomic E-state index is 13.0. The van der Waals surface area contributed by atoms with E-state index in [9.17, 15) is 9.18 Å². The largest absolute Gasteiger partial charge is 0.385 e. The highest BCUT2D eigenvalue weighted by molar-refractivity contribution is 5.75. The lowest BCUT2D eigenvalue weighted by Gasteiger charge is -2.28. The average Bonchev–Trinajstić information content (AvgIpc) is 3.29. The predicted molar refractivity (Wildman–Crippen MR) is 88.6 cm³/mol. The third-order valence-electron chi connectivity index (χ3n) is 4.60. The van der Waals surface area contributed by atoms with Gasteiger partial charge in [0.25, 0.3) is 0 Å². The Morgan fingerprint density at radius 2 is 2.00 bits per heavy atom. The fraction of sp³-hybridized carbons (Fsp3) is 0.611. The topological polar surface area (TPSA) is 41.6 Å². The number of benzene rings is 1. The van der Waals surface area contributed by atoms with Crippen molar-refractivity contribution in [3.05, 3.63) is 35.6 Å². The van der Waals surface area contributed by atoms with Gasteiger partial charge in [0.05, 0.1) is 0 Å². The Balaban J connectivity index is 2.00. The minimum atomic E-state index is -0.263. The fourth-order valence-corrected chi connectivity index (χ4v) is 2.74. The molecule has 0 aliphatic heterocycles. The molecule has 5 heteroatoms. The minimum absolute atomic E-state index is 0.0423. The van der Waals surface area contributed by atoms with E-state index < -0.39 is 0 Å². The summed E-state index contributed by atoms with van der Waals surface area (Å²) in [5.41, 5.74) is 0.882. The summed E-state index contributed by atoms with van der Waals surface area (Å²) in [5, 5.41) is 3.20. The first-order chi connectivity index (χ1) is 11.0. The minimum Gasteiger partial charge on any atom is -0.385 e.